The van der Waals surface area contributed by atoms with Crippen LogP contribution in [0.15, 0.2) is 53.5 Å². The third kappa shape index (κ3) is 7.94. The van der Waals surface area contributed by atoms with Crippen molar-refractivity contribution in [1.29, 1.82) is 0 Å². The molecule has 5 nitrogen and oxygen atoms in total. The number of nitrogens with one attached hydrogen (secondary N) is 3. The molecule has 1 amide bonds. The molecule has 27 heavy (non-hydrogen) atoms. The molecule has 0 unspecified atom stereocenters. The van der Waals surface area contributed by atoms with Crippen molar-refractivity contribution < 1.29 is 9.18 Å². The number of guanidine groups is 1. The fraction of sp³-hybridized carbons (Fsp3) is 0.300. The Hall–Kier alpha value is -2.16. The van der Waals surface area contributed by atoms with Crippen molar-refractivity contribution in [2.24, 2.45) is 4.99 Å². The lowest BCUT2D eigenvalue weighted by Crippen LogP contribution is -2.36. The number of carbonyl (C=O) groups is 1. The molecule has 0 heterocycles. The number of hydrogen-bond acceptors (Lipinski definition) is 2. The summed E-state index contributed by atoms with van der Waals surface area (Å²) in [6, 6.07) is 13.8. The second kappa shape index (κ2) is 12.3. The van der Waals surface area contributed by atoms with Crippen LogP contribution in [-0.4, -0.2) is 25.5 Å². The van der Waals surface area contributed by atoms with E-state index in [-0.39, 0.29) is 35.7 Å². The molecule has 0 saturated heterocycles. The molecular weight excluding hydrogens is 458 g/mol. The van der Waals surface area contributed by atoms with Gasteiger partial charge in [-0.25, -0.2) is 4.39 Å². The first-order valence-corrected chi connectivity index (χ1v) is 8.68. The Kier molecular flexibility index (Phi) is 10.4. The zero-order valence-electron chi connectivity index (χ0n) is 15.6. The Morgan fingerprint density at radius 1 is 1.00 bits per heavy atom. The highest BCUT2D eigenvalue weighted by Crippen LogP contribution is 2.06. The molecule has 2 aromatic rings. The van der Waals surface area contributed by atoms with E-state index in [2.05, 4.69) is 20.9 Å². The van der Waals surface area contributed by atoms with Gasteiger partial charge in [0.2, 0.25) is 0 Å². The van der Waals surface area contributed by atoms with Crippen LogP contribution in [-0.2, 0) is 13.1 Å². The van der Waals surface area contributed by atoms with Crippen LogP contribution < -0.4 is 16.0 Å². The lowest BCUT2D eigenvalue weighted by Gasteiger charge is -2.12. The Labute approximate surface area is 176 Å². The van der Waals surface area contributed by atoms with E-state index in [9.17, 15) is 9.18 Å². The largest absolute Gasteiger partial charge is 0.352 e. The summed E-state index contributed by atoms with van der Waals surface area (Å²) in [5, 5.41) is 9.26. The van der Waals surface area contributed by atoms with E-state index in [0.717, 1.165) is 17.5 Å². The number of rotatable bonds is 7. The maximum atomic E-state index is 12.9. The van der Waals surface area contributed by atoms with E-state index in [1.165, 1.54) is 12.1 Å². The predicted molar refractivity (Wildman–Crippen MR) is 118 cm³/mol. The summed E-state index contributed by atoms with van der Waals surface area (Å²) >= 11 is 0. The van der Waals surface area contributed by atoms with Crippen LogP contribution >= 0.6 is 24.0 Å². The predicted octanol–water partition coefficient (Wildman–Crippen LogP) is 3.45. The van der Waals surface area contributed by atoms with Gasteiger partial charge >= 0.3 is 0 Å². The van der Waals surface area contributed by atoms with Gasteiger partial charge in [0, 0.05) is 32.2 Å². The van der Waals surface area contributed by atoms with Crippen molar-refractivity contribution in [3.63, 3.8) is 0 Å². The van der Waals surface area contributed by atoms with Gasteiger partial charge in [0.15, 0.2) is 5.96 Å². The second-order valence-corrected chi connectivity index (χ2v) is 5.86. The van der Waals surface area contributed by atoms with Crippen LogP contribution in [0.5, 0.6) is 0 Å². The number of carbonyl (C=O) groups excluding carboxylic acids is 1. The van der Waals surface area contributed by atoms with Crippen molar-refractivity contribution in [2.75, 3.05) is 13.6 Å². The first-order chi connectivity index (χ1) is 12.6. The van der Waals surface area contributed by atoms with E-state index in [4.69, 9.17) is 0 Å². The third-order valence-electron chi connectivity index (χ3n) is 3.78. The van der Waals surface area contributed by atoms with Gasteiger partial charge in [0.25, 0.3) is 5.91 Å². The molecular formula is C20H26FIN4O. The molecule has 0 saturated carbocycles. The zero-order valence-corrected chi connectivity index (χ0v) is 17.9. The van der Waals surface area contributed by atoms with E-state index < -0.39 is 0 Å². The van der Waals surface area contributed by atoms with Crippen LogP contribution in [0.2, 0.25) is 0 Å². The number of benzene rings is 2. The van der Waals surface area contributed by atoms with Gasteiger partial charge in [-0.05, 0) is 41.8 Å². The fourth-order valence-electron chi connectivity index (χ4n) is 2.36. The normalized spacial score (nSPS) is 10.7. The number of hydrogen-bond donors (Lipinski definition) is 3. The Bertz CT molecular complexity index is 750. The van der Waals surface area contributed by atoms with Crippen molar-refractivity contribution >= 4 is 35.8 Å². The highest BCUT2D eigenvalue weighted by atomic mass is 127. The second-order valence-electron chi connectivity index (χ2n) is 5.86. The summed E-state index contributed by atoms with van der Waals surface area (Å²) in [5.41, 5.74) is 2.59. The third-order valence-corrected chi connectivity index (χ3v) is 3.78. The Morgan fingerprint density at radius 3 is 2.30 bits per heavy atom. The first kappa shape index (κ1) is 22.9. The van der Waals surface area contributed by atoms with Crippen LogP contribution in [0, 0.1) is 5.82 Å². The molecule has 0 bridgehead atoms. The molecule has 0 aliphatic heterocycles. The molecule has 0 spiro atoms. The minimum Gasteiger partial charge on any atom is -0.352 e. The van der Waals surface area contributed by atoms with Crippen LogP contribution in [0.1, 0.15) is 34.8 Å². The van der Waals surface area contributed by atoms with E-state index in [1.54, 1.807) is 25.2 Å². The number of nitrogens with zero attached hydrogens (tertiary/aromatic N) is 1. The molecule has 0 radical (unpaired) electrons. The van der Waals surface area contributed by atoms with Gasteiger partial charge in [-0.15, -0.1) is 24.0 Å². The molecule has 0 fully saturated rings. The minimum absolute atomic E-state index is 0. The molecule has 3 N–H and O–H groups in total. The van der Waals surface area contributed by atoms with Crippen molar-refractivity contribution in [1.82, 2.24) is 16.0 Å². The quantitative estimate of drug-likeness (QED) is 0.321. The monoisotopic (exact) mass is 484 g/mol. The van der Waals surface area contributed by atoms with Crippen molar-refractivity contribution in [2.45, 2.75) is 26.4 Å². The Morgan fingerprint density at radius 2 is 1.67 bits per heavy atom. The highest BCUT2D eigenvalue weighted by molar-refractivity contribution is 14.0. The molecule has 0 atom stereocenters. The molecule has 0 aliphatic carbocycles. The molecule has 146 valence electrons. The molecule has 2 aromatic carbocycles. The maximum Gasteiger partial charge on any atom is 0.251 e. The summed E-state index contributed by atoms with van der Waals surface area (Å²) in [7, 11) is 1.69. The van der Waals surface area contributed by atoms with Gasteiger partial charge in [-0.2, -0.15) is 0 Å². The summed E-state index contributed by atoms with van der Waals surface area (Å²) in [6.07, 6.45) is 0.906. The van der Waals surface area contributed by atoms with Gasteiger partial charge in [0.1, 0.15) is 5.82 Å². The molecule has 7 heteroatoms. The topological polar surface area (TPSA) is 65.5 Å². The zero-order chi connectivity index (χ0) is 18.8. The lowest BCUT2D eigenvalue weighted by atomic mass is 10.1. The van der Waals surface area contributed by atoms with Crippen molar-refractivity contribution in [3.8, 4) is 0 Å². The lowest BCUT2D eigenvalue weighted by molar-refractivity contribution is 0.0953. The smallest absolute Gasteiger partial charge is 0.251 e. The van der Waals surface area contributed by atoms with Gasteiger partial charge < -0.3 is 16.0 Å². The van der Waals surface area contributed by atoms with Gasteiger partial charge in [-0.1, -0.05) is 31.2 Å². The summed E-state index contributed by atoms with van der Waals surface area (Å²) in [6.45, 7) is 3.77. The summed E-state index contributed by atoms with van der Waals surface area (Å²) < 4.78 is 12.9. The summed E-state index contributed by atoms with van der Waals surface area (Å²) in [4.78, 5) is 16.2. The Balaban J connectivity index is 0.00000364. The van der Waals surface area contributed by atoms with Gasteiger partial charge in [-0.3, -0.25) is 9.79 Å². The number of amides is 1. The van der Waals surface area contributed by atoms with E-state index in [1.807, 2.05) is 25.1 Å². The fourth-order valence-corrected chi connectivity index (χ4v) is 2.36. The van der Waals surface area contributed by atoms with Crippen LogP contribution in [0.25, 0.3) is 0 Å². The maximum absolute atomic E-state index is 12.9. The standard InChI is InChI=1S/C20H25FN4O.HI/c1-3-11-23-19(26)17-6-4-5-16(12-17)14-25-20(22-2)24-13-15-7-9-18(21)10-8-15;/h4-10,12H,3,11,13-14H2,1-2H3,(H,23,26)(H2,22,24,25);1H. The average molecular weight is 484 g/mol. The molecule has 0 aromatic heterocycles. The van der Waals surface area contributed by atoms with E-state index in [0.29, 0.717) is 31.2 Å². The van der Waals surface area contributed by atoms with E-state index >= 15 is 0 Å². The minimum atomic E-state index is -0.251. The van der Waals surface area contributed by atoms with Gasteiger partial charge in [0.05, 0.1) is 0 Å². The number of aliphatic imine (C=N–C) groups is 1. The molecule has 0 aliphatic rings. The molecule has 2 rings (SSSR count). The highest BCUT2D eigenvalue weighted by Gasteiger charge is 2.06. The summed E-state index contributed by atoms with van der Waals surface area (Å²) in [5.74, 6) is 0.321. The van der Waals surface area contributed by atoms with Crippen LogP contribution in [0.3, 0.4) is 0 Å². The van der Waals surface area contributed by atoms with Crippen molar-refractivity contribution in [3.05, 3.63) is 71.0 Å². The van der Waals surface area contributed by atoms with Crippen LogP contribution in [0.4, 0.5) is 4.39 Å². The number of halogens is 2. The SMILES string of the molecule is CCCNC(=O)c1cccc(CNC(=NC)NCc2ccc(F)cc2)c1.I. The average Bonchev–Trinajstić information content (AvgIpc) is 2.67. The first-order valence-electron chi connectivity index (χ1n) is 8.68.